The predicted octanol–water partition coefficient (Wildman–Crippen LogP) is 3.34. The van der Waals surface area contributed by atoms with Crippen LogP contribution in [-0.4, -0.2) is 75.0 Å². The quantitative estimate of drug-likeness (QED) is 0.603. The van der Waals surface area contributed by atoms with E-state index in [9.17, 15) is 13.2 Å². The van der Waals surface area contributed by atoms with Crippen molar-refractivity contribution < 1.29 is 17.9 Å². The molecule has 34 heavy (non-hydrogen) atoms. The van der Waals surface area contributed by atoms with E-state index in [0.717, 1.165) is 70.4 Å². The van der Waals surface area contributed by atoms with E-state index in [0.29, 0.717) is 37.4 Å². The molecular formula is C26H41N3O4S. The van der Waals surface area contributed by atoms with Crippen molar-refractivity contribution in [1.29, 1.82) is 0 Å². The smallest absolute Gasteiger partial charge is 0.243 e. The lowest BCUT2D eigenvalue weighted by molar-refractivity contribution is -0.122. The van der Waals surface area contributed by atoms with Crippen LogP contribution < -0.4 is 5.32 Å². The number of ether oxygens (including phenoxy) is 1. The van der Waals surface area contributed by atoms with Crippen molar-refractivity contribution in [3.05, 3.63) is 29.8 Å². The van der Waals surface area contributed by atoms with Gasteiger partial charge in [-0.3, -0.25) is 9.69 Å². The average molecular weight is 492 g/mol. The normalized spacial score (nSPS) is 22.7. The number of amides is 1. The number of aryl methyl sites for hydroxylation is 1. The Morgan fingerprint density at radius 1 is 0.882 bits per heavy atom. The average Bonchev–Trinajstić information content (AvgIpc) is 3.18. The van der Waals surface area contributed by atoms with E-state index in [-0.39, 0.29) is 11.4 Å². The fourth-order valence-corrected chi connectivity index (χ4v) is 7.24. The Hall–Kier alpha value is -1.48. The fourth-order valence-electron chi connectivity index (χ4n) is 5.72. The van der Waals surface area contributed by atoms with E-state index in [1.165, 1.54) is 19.3 Å². The molecule has 0 unspecified atom stereocenters. The van der Waals surface area contributed by atoms with E-state index in [4.69, 9.17) is 4.74 Å². The summed E-state index contributed by atoms with van der Waals surface area (Å²) in [6.07, 6.45) is 11.1. The lowest BCUT2D eigenvalue weighted by atomic mass is 9.79. The lowest BCUT2D eigenvalue weighted by Crippen LogP contribution is -2.59. The van der Waals surface area contributed by atoms with Crippen molar-refractivity contribution in [1.82, 2.24) is 14.5 Å². The number of carbonyl (C=O) groups excluding carboxylic acids is 1. The maximum atomic E-state index is 13.0. The van der Waals surface area contributed by atoms with Gasteiger partial charge in [-0.05, 0) is 49.8 Å². The summed E-state index contributed by atoms with van der Waals surface area (Å²) in [6.45, 7) is 5.37. The SMILES string of the molecule is O=C(CCc1ccc(S(=O)(=O)N2CCCCCC2)cc1)NCC1(N2CCOCC2)CCCCC1. The molecular weight excluding hydrogens is 450 g/mol. The Bertz CT molecular complexity index is 883. The highest BCUT2D eigenvalue weighted by molar-refractivity contribution is 7.89. The van der Waals surface area contributed by atoms with Crippen LogP contribution in [0.4, 0.5) is 0 Å². The highest BCUT2D eigenvalue weighted by Crippen LogP contribution is 2.34. The van der Waals surface area contributed by atoms with Gasteiger partial charge >= 0.3 is 0 Å². The van der Waals surface area contributed by atoms with Gasteiger partial charge < -0.3 is 10.1 Å². The van der Waals surface area contributed by atoms with Crippen LogP contribution in [-0.2, 0) is 26.0 Å². The number of hydrogen-bond acceptors (Lipinski definition) is 5. The second kappa shape index (κ2) is 12.0. The van der Waals surface area contributed by atoms with Crippen molar-refractivity contribution in [2.75, 3.05) is 45.9 Å². The van der Waals surface area contributed by atoms with Crippen LogP contribution in [0.5, 0.6) is 0 Å². The van der Waals surface area contributed by atoms with Crippen LogP contribution in [0.2, 0.25) is 0 Å². The van der Waals surface area contributed by atoms with Gasteiger partial charge in [0.1, 0.15) is 0 Å². The fraction of sp³-hybridized carbons (Fsp3) is 0.731. The van der Waals surface area contributed by atoms with Gasteiger partial charge in [0, 0.05) is 44.7 Å². The molecule has 0 bridgehead atoms. The molecule has 2 aliphatic heterocycles. The number of nitrogens with zero attached hydrogens (tertiary/aromatic N) is 2. The van der Waals surface area contributed by atoms with Crippen LogP contribution in [0.25, 0.3) is 0 Å². The van der Waals surface area contributed by atoms with Crippen LogP contribution >= 0.6 is 0 Å². The number of hydrogen-bond donors (Lipinski definition) is 1. The molecule has 8 heteroatoms. The van der Waals surface area contributed by atoms with Crippen LogP contribution in [0.1, 0.15) is 69.8 Å². The van der Waals surface area contributed by atoms with Gasteiger partial charge in [0.05, 0.1) is 18.1 Å². The van der Waals surface area contributed by atoms with Gasteiger partial charge in [-0.15, -0.1) is 0 Å². The number of morpholine rings is 1. The molecule has 0 spiro atoms. The molecule has 3 aliphatic rings. The van der Waals surface area contributed by atoms with E-state index in [1.54, 1.807) is 16.4 Å². The van der Waals surface area contributed by atoms with Crippen LogP contribution in [0.15, 0.2) is 29.2 Å². The van der Waals surface area contributed by atoms with E-state index < -0.39 is 10.0 Å². The molecule has 1 saturated carbocycles. The molecule has 1 N–H and O–H groups in total. The number of rotatable bonds is 8. The predicted molar refractivity (Wildman–Crippen MR) is 133 cm³/mol. The van der Waals surface area contributed by atoms with Crippen molar-refractivity contribution in [2.45, 2.75) is 81.1 Å². The number of benzene rings is 1. The van der Waals surface area contributed by atoms with Gasteiger partial charge in [0.2, 0.25) is 15.9 Å². The molecule has 3 fully saturated rings. The molecule has 0 atom stereocenters. The number of sulfonamides is 1. The van der Waals surface area contributed by atoms with Gasteiger partial charge in [-0.1, -0.05) is 44.2 Å². The van der Waals surface area contributed by atoms with Crippen molar-refractivity contribution in [3.8, 4) is 0 Å². The summed E-state index contributed by atoms with van der Waals surface area (Å²) in [7, 11) is -3.43. The monoisotopic (exact) mass is 491 g/mol. The topological polar surface area (TPSA) is 79.0 Å². The Balaban J connectivity index is 1.28. The summed E-state index contributed by atoms with van der Waals surface area (Å²) >= 11 is 0. The molecule has 0 aromatic heterocycles. The van der Waals surface area contributed by atoms with Gasteiger partial charge in [0.15, 0.2) is 0 Å². The van der Waals surface area contributed by atoms with Crippen LogP contribution in [0, 0.1) is 0 Å². The second-order valence-corrected chi connectivity index (χ2v) is 12.1. The second-order valence-electron chi connectivity index (χ2n) is 10.1. The first-order chi connectivity index (χ1) is 16.5. The maximum Gasteiger partial charge on any atom is 0.243 e. The molecule has 1 aromatic rings. The zero-order valence-electron chi connectivity index (χ0n) is 20.5. The molecule has 1 amide bonds. The Labute approximate surface area is 205 Å². The minimum Gasteiger partial charge on any atom is -0.379 e. The Kier molecular flexibility index (Phi) is 9.02. The summed E-state index contributed by atoms with van der Waals surface area (Å²) in [5.74, 6) is 0.0690. The number of nitrogens with one attached hydrogen (secondary N) is 1. The standard InChI is InChI=1S/C26H41N3O4S/c30-25(27-22-26(14-4-3-5-15-26)28-18-20-33-21-19-28)13-10-23-8-11-24(12-9-23)34(31,32)29-16-6-1-2-7-17-29/h8-9,11-12H,1-7,10,13-22H2,(H,27,30). The van der Waals surface area contributed by atoms with Gasteiger partial charge in [0.25, 0.3) is 0 Å². The summed E-state index contributed by atoms with van der Waals surface area (Å²) in [6, 6.07) is 7.11. The maximum absolute atomic E-state index is 13.0. The van der Waals surface area contributed by atoms with Crippen LogP contribution in [0.3, 0.4) is 0 Å². The van der Waals surface area contributed by atoms with Crippen molar-refractivity contribution in [2.24, 2.45) is 0 Å². The molecule has 7 nitrogen and oxygen atoms in total. The summed E-state index contributed by atoms with van der Waals surface area (Å²) in [5, 5.41) is 3.22. The third-order valence-electron chi connectivity index (χ3n) is 7.85. The molecule has 190 valence electrons. The summed E-state index contributed by atoms with van der Waals surface area (Å²) in [4.78, 5) is 15.6. The third kappa shape index (κ3) is 6.39. The van der Waals surface area contributed by atoms with Gasteiger partial charge in [-0.25, -0.2) is 8.42 Å². The number of carbonyl (C=O) groups is 1. The third-order valence-corrected chi connectivity index (χ3v) is 9.76. The first-order valence-electron chi connectivity index (χ1n) is 13.2. The zero-order chi connectivity index (χ0) is 23.9. The van der Waals surface area contributed by atoms with E-state index in [1.807, 2.05) is 12.1 Å². The van der Waals surface area contributed by atoms with Gasteiger partial charge in [-0.2, -0.15) is 4.31 Å². The van der Waals surface area contributed by atoms with E-state index >= 15 is 0 Å². The lowest BCUT2D eigenvalue weighted by Gasteiger charge is -2.48. The molecule has 2 saturated heterocycles. The molecule has 1 aromatic carbocycles. The molecule has 2 heterocycles. The zero-order valence-corrected chi connectivity index (χ0v) is 21.3. The van der Waals surface area contributed by atoms with Crippen molar-refractivity contribution in [3.63, 3.8) is 0 Å². The minimum atomic E-state index is -3.43. The molecule has 1 aliphatic carbocycles. The first-order valence-corrected chi connectivity index (χ1v) is 14.6. The first kappa shape index (κ1) is 25.6. The highest BCUT2D eigenvalue weighted by atomic mass is 32.2. The Morgan fingerprint density at radius 2 is 1.50 bits per heavy atom. The minimum absolute atomic E-state index is 0.0690. The summed E-state index contributed by atoms with van der Waals surface area (Å²) in [5.41, 5.74) is 1.06. The molecule has 4 rings (SSSR count). The van der Waals surface area contributed by atoms with E-state index in [2.05, 4.69) is 10.2 Å². The summed E-state index contributed by atoms with van der Waals surface area (Å²) < 4.78 is 33.1. The largest absolute Gasteiger partial charge is 0.379 e. The Morgan fingerprint density at radius 3 is 2.15 bits per heavy atom. The highest BCUT2D eigenvalue weighted by Gasteiger charge is 2.38. The van der Waals surface area contributed by atoms with Crippen molar-refractivity contribution >= 4 is 15.9 Å². The molecule has 0 radical (unpaired) electrons.